The van der Waals surface area contributed by atoms with Gasteiger partial charge in [0, 0.05) is 22.3 Å². The average Bonchev–Trinajstić information content (AvgIpc) is 3.74. The van der Waals surface area contributed by atoms with Gasteiger partial charge in [-0.25, -0.2) is 19.4 Å². The summed E-state index contributed by atoms with van der Waals surface area (Å²) in [6, 6.07) is 22.3. The van der Waals surface area contributed by atoms with Crippen LogP contribution in [0.4, 0.5) is 27.1 Å². The second-order valence-corrected chi connectivity index (χ2v) is 12.2. The van der Waals surface area contributed by atoms with Crippen LogP contribution in [0, 0.1) is 6.92 Å². The number of nitrogens with zero attached hydrogens (tertiary/aromatic N) is 5. The number of para-hydroxylation sites is 1. The Kier molecular flexibility index (Phi) is 9.47. The van der Waals surface area contributed by atoms with Gasteiger partial charge < -0.3 is 15.4 Å². The molecule has 0 saturated carbocycles. The number of carbonyl (C=O) groups excluding carboxylic acids is 2. The Labute approximate surface area is 271 Å². The molecule has 11 nitrogen and oxygen atoms in total. The highest BCUT2D eigenvalue weighted by Crippen LogP contribution is 2.32. The van der Waals surface area contributed by atoms with Crippen molar-refractivity contribution in [3.05, 3.63) is 102 Å². The summed E-state index contributed by atoms with van der Waals surface area (Å²) < 4.78 is 8.98. The van der Waals surface area contributed by atoms with Crippen molar-refractivity contribution in [3.63, 3.8) is 0 Å². The third-order valence-corrected chi connectivity index (χ3v) is 7.34. The van der Waals surface area contributed by atoms with Crippen LogP contribution >= 0.6 is 11.3 Å². The van der Waals surface area contributed by atoms with Crippen molar-refractivity contribution in [1.29, 1.82) is 0 Å². The largest absolute Gasteiger partial charge is 0.444 e. The molecule has 0 aliphatic heterocycles. The molecule has 2 aromatic carbocycles. The Morgan fingerprint density at radius 1 is 0.913 bits per heavy atom. The smallest absolute Gasteiger partial charge is 0.412 e. The molecule has 2 amide bonds. The fourth-order valence-corrected chi connectivity index (χ4v) is 5.33. The topological polar surface area (TPSA) is 127 Å². The lowest BCUT2D eigenvalue weighted by Crippen LogP contribution is -2.27. The minimum absolute atomic E-state index is 0.185. The number of fused-ring (bicyclic) bond motifs is 1. The summed E-state index contributed by atoms with van der Waals surface area (Å²) in [5, 5.41) is 14.1. The van der Waals surface area contributed by atoms with Crippen molar-refractivity contribution < 1.29 is 14.3 Å². The molecule has 6 rings (SSSR count). The number of hydrogen-bond acceptors (Lipinski definition) is 8. The number of amides is 2. The van der Waals surface area contributed by atoms with E-state index < -0.39 is 11.7 Å². The number of nitrogens with one attached hydrogen (secondary N) is 3. The lowest BCUT2D eigenvalue weighted by molar-refractivity contribution is 0.0635. The van der Waals surface area contributed by atoms with Gasteiger partial charge in [-0.15, -0.1) is 16.4 Å². The molecule has 12 heteroatoms. The van der Waals surface area contributed by atoms with Gasteiger partial charge in [-0.2, -0.15) is 0 Å². The van der Waals surface area contributed by atoms with Crippen LogP contribution in [0.15, 0.2) is 91.4 Å². The minimum Gasteiger partial charge on any atom is -0.444 e. The van der Waals surface area contributed by atoms with Gasteiger partial charge in [-0.1, -0.05) is 38.1 Å². The van der Waals surface area contributed by atoms with E-state index in [9.17, 15) is 9.59 Å². The second kappa shape index (κ2) is 13.7. The zero-order valence-corrected chi connectivity index (χ0v) is 27.3. The molecule has 0 atom stereocenters. The Balaban J connectivity index is 0.00000204. The van der Waals surface area contributed by atoms with E-state index >= 15 is 0 Å². The van der Waals surface area contributed by atoms with E-state index in [2.05, 4.69) is 26.0 Å². The lowest BCUT2D eigenvalue weighted by Gasteiger charge is -2.19. The molecule has 46 heavy (non-hydrogen) atoms. The van der Waals surface area contributed by atoms with Gasteiger partial charge in [-0.05, 0) is 76.2 Å². The van der Waals surface area contributed by atoms with E-state index in [1.807, 2.05) is 98.2 Å². The molecule has 4 aromatic heterocycles. The predicted molar refractivity (Wildman–Crippen MR) is 183 cm³/mol. The van der Waals surface area contributed by atoms with Crippen LogP contribution in [0.1, 0.15) is 49.9 Å². The molecule has 0 aliphatic carbocycles. The number of hydrogen-bond donors (Lipinski definition) is 3. The molecule has 0 bridgehead atoms. The summed E-state index contributed by atoms with van der Waals surface area (Å²) in [4.78, 5) is 36.1. The molecular weight excluding hydrogens is 600 g/mol. The summed E-state index contributed by atoms with van der Waals surface area (Å²) in [6.45, 7) is 11.4. The highest BCUT2D eigenvalue weighted by Gasteiger charge is 2.21. The van der Waals surface area contributed by atoms with Crippen molar-refractivity contribution in [3.8, 4) is 17.1 Å². The molecule has 0 radical (unpaired) electrons. The summed E-state index contributed by atoms with van der Waals surface area (Å²) in [7, 11) is 0. The van der Waals surface area contributed by atoms with E-state index in [0.29, 0.717) is 11.3 Å². The van der Waals surface area contributed by atoms with Crippen LogP contribution in [0.2, 0.25) is 0 Å². The van der Waals surface area contributed by atoms with Crippen LogP contribution in [-0.2, 0) is 4.74 Å². The molecule has 3 N–H and O–H groups in total. The normalized spacial score (nSPS) is 11.0. The first-order valence-electron chi connectivity index (χ1n) is 14.9. The number of carbonyl (C=O) groups is 2. The highest BCUT2D eigenvalue weighted by molar-refractivity contribution is 7.16. The number of pyridine rings is 1. The van der Waals surface area contributed by atoms with E-state index in [-0.39, 0.29) is 11.7 Å². The maximum absolute atomic E-state index is 13.2. The van der Waals surface area contributed by atoms with Gasteiger partial charge in [0.05, 0.1) is 23.8 Å². The van der Waals surface area contributed by atoms with Gasteiger partial charge in [0.15, 0.2) is 10.9 Å². The number of ether oxygens (including phenoxy) is 1. The van der Waals surface area contributed by atoms with Crippen LogP contribution < -0.4 is 16.0 Å². The Hall–Kier alpha value is -5.49. The molecular formula is C34H36N8O3S. The maximum atomic E-state index is 13.2. The molecule has 0 spiro atoms. The Bertz CT molecular complexity index is 1950. The third kappa shape index (κ3) is 7.41. The van der Waals surface area contributed by atoms with Gasteiger partial charge in [0.25, 0.3) is 5.91 Å². The van der Waals surface area contributed by atoms with Gasteiger partial charge in [0.1, 0.15) is 22.6 Å². The van der Waals surface area contributed by atoms with Crippen LogP contribution in [0.5, 0.6) is 0 Å². The molecule has 4 heterocycles. The van der Waals surface area contributed by atoms with Crippen molar-refractivity contribution >= 4 is 51.3 Å². The van der Waals surface area contributed by atoms with Crippen LogP contribution in [0.25, 0.3) is 22.7 Å². The molecule has 0 unspecified atom stereocenters. The lowest BCUT2D eigenvalue weighted by atomic mass is 10.2. The SMILES string of the molecule is CC.Cc1sc(Nc2ccc(C(=O)Nc3nn(-c4ccccc4)cc3NC(=O)OC(C)(C)C)cc2)nc1-c1cnc2ccccn12. The quantitative estimate of drug-likeness (QED) is 0.161. The first-order valence-corrected chi connectivity index (χ1v) is 15.7. The number of rotatable bonds is 7. The standard InChI is InChI=1S/C32H30N8O3S.C2H6/c1-20-27(25-18-33-26-12-8-9-17-39(25)26)36-30(44-20)34-22-15-13-21(14-16-22)29(41)37-28-24(35-31(42)43-32(2,3)4)19-40(38-28)23-10-6-5-7-11-23;1-2/h5-19H,1-4H3,(H,34,36)(H,35,42)(H,37,38,41);1-2H3. The zero-order valence-electron chi connectivity index (χ0n) is 26.5. The molecule has 0 saturated heterocycles. The Morgan fingerprint density at radius 2 is 1.63 bits per heavy atom. The minimum atomic E-state index is -0.689. The van der Waals surface area contributed by atoms with Gasteiger partial charge in [-0.3, -0.25) is 14.5 Å². The van der Waals surface area contributed by atoms with E-state index in [0.717, 1.165) is 38.4 Å². The van der Waals surface area contributed by atoms with E-state index in [1.165, 1.54) is 0 Å². The predicted octanol–water partition coefficient (Wildman–Crippen LogP) is 8.32. The second-order valence-electron chi connectivity index (χ2n) is 11.0. The van der Waals surface area contributed by atoms with E-state index in [1.54, 1.807) is 55.1 Å². The van der Waals surface area contributed by atoms with Crippen LogP contribution in [0.3, 0.4) is 0 Å². The highest BCUT2D eigenvalue weighted by atomic mass is 32.1. The Morgan fingerprint density at radius 3 is 2.35 bits per heavy atom. The summed E-state index contributed by atoms with van der Waals surface area (Å²) in [5.74, 6) is -0.202. The first-order chi connectivity index (χ1) is 22.1. The fourth-order valence-electron chi connectivity index (χ4n) is 4.49. The molecule has 6 aromatic rings. The van der Waals surface area contributed by atoms with Crippen molar-refractivity contribution in [1.82, 2.24) is 24.1 Å². The van der Waals surface area contributed by atoms with Crippen molar-refractivity contribution in [2.75, 3.05) is 16.0 Å². The maximum Gasteiger partial charge on any atom is 0.412 e. The van der Waals surface area contributed by atoms with Crippen molar-refractivity contribution in [2.24, 2.45) is 0 Å². The van der Waals surface area contributed by atoms with Gasteiger partial charge in [0.2, 0.25) is 0 Å². The number of aryl methyl sites for hydroxylation is 1. The summed E-state index contributed by atoms with van der Waals surface area (Å²) in [6.07, 6.45) is 4.76. The summed E-state index contributed by atoms with van der Waals surface area (Å²) in [5.41, 5.74) is 4.20. The number of imidazole rings is 1. The molecule has 236 valence electrons. The monoisotopic (exact) mass is 636 g/mol. The number of aromatic nitrogens is 5. The fraction of sp³-hybridized carbons (Fsp3) is 0.206. The van der Waals surface area contributed by atoms with Gasteiger partial charge >= 0.3 is 6.09 Å². The average molecular weight is 637 g/mol. The zero-order chi connectivity index (χ0) is 32.8. The number of benzene rings is 2. The summed E-state index contributed by atoms with van der Waals surface area (Å²) >= 11 is 1.54. The number of anilines is 4. The van der Waals surface area contributed by atoms with E-state index in [4.69, 9.17) is 9.72 Å². The third-order valence-electron chi connectivity index (χ3n) is 6.46. The van der Waals surface area contributed by atoms with Crippen molar-refractivity contribution in [2.45, 2.75) is 47.1 Å². The van der Waals surface area contributed by atoms with Crippen LogP contribution in [-0.4, -0.2) is 41.8 Å². The molecule has 0 fully saturated rings. The number of thiazole rings is 1. The molecule has 0 aliphatic rings. The first kappa shape index (κ1) is 31.9.